The van der Waals surface area contributed by atoms with Crippen molar-refractivity contribution in [1.29, 1.82) is 0 Å². The molecule has 0 spiro atoms. The molecule has 3 nitrogen and oxygen atoms in total. The van der Waals surface area contributed by atoms with Crippen LogP contribution < -0.4 is 5.32 Å². The predicted molar refractivity (Wildman–Crippen MR) is 28.9 cm³/mol. The molecule has 1 aliphatic rings. The van der Waals surface area contributed by atoms with Gasteiger partial charge in [0, 0.05) is 13.0 Å². The third kappa shape index (κ3) is 1.38. The maximum Gasteiger partial charge on any atom is 0.320 e. The number of nitrogens with one attached hydrogen (secondary N) is 1. The molecule has 0 unspecified atom stereocenters. The predicted octanol–water partition coefficient (Wildman–Crippen LogP) is -0.229. The average molecular weight is 133 g/mol. The number of hydrogen-bond acceptors (Lipinski definition) is 2. The lowest BCUT2D eigenvalue weighted by atomic mass is 10.2. The Morgan fingerprint density at radius 1 is 1.78 bits per heavy atom. The molecule has 0 radical (unpaired) electrons. The normalized spacial score (nSPS) is 34.8. The molecule has 9 heavy (non-hydrogen) atoms. The Hall–Kier alpha value is -0.640. The molecule has 1 fully saturated rings. The van der Waals surface area contributed by atoms with E-state index in [1.165, 1.54) is 0 Å². The topological polar surface area (TPSA) is 49.3 Å². The van der Waals surface area contributed by atoms with Crippen LogP contribution in [-0.2, 0) is 4.79 Å². The largest absolute Gasteiger partial charge is 0.480 e. The molecule has 0 aromatic rings. The monoisotopic (exact) mass is 133 g/mol. The summed E-state index contributed by atoms with van der Waals surface area (Å²) >= 11 is 0. The van der Waals surface area contributed by atoms with E-state index in [1.807, 2.05) is 0 Å². The Morgan fingerprint density at radius 3 is 2.67 bits per heavy atom. The molecule has 0 aromatic carbocycles. The van der Waals surface area contributed by atoms with Gasteiger partial charge in [0.25, 0.3) is 0 Å². The van der Waals surface area contributed by atoms with Crippen LogP contribution >= 0.6 is 0 Å². The van der Waals surface area contributed by atoms with Gasteiger partial charge in [-0.15, -0.1) is 0 Å². The summed E-state index contributed by atoms with van der Waals surface area (Å²) in [6.45, 7) is 0.178. The molecule has 1 heterocycles. The van der Waals surface area contributed by atoms with Gasteiger partial charge < -0.3 is 10.4 Å². The van der Waals surface area contributed by atoms with E-state index in [0.717, 1.165) is 0 Å². The number of alkyl halides is 1. The van der Waals surface area contributed by atoms with E-state index in [9.17, 15) is 9.18 Å². The van der Waals surface area contributed by atoms with Crippen LogP contribution in [0.2, 0.25) is 0 Å². The Bertz CT molecular complexity index is 128. The first kappa shape index (κ1) is 6.48. The van der Waals surface area contributed by atoms with E-state index in [0.29, 0.717) is 0 Å². The molecule has 0 bridgehead atoms. The summed E-state index contributed by atoms with van der Waals surface area (Å²) < 4.78 is 12.2. The van der Waals surface area contributed by atoms with Crippen molar-refractivity contribution in [1.82, 2.24) is 5.32 Å². The van der Waals surface area contributed by atoms with Gasteiger partial charge in [-0.1, -0.05) is 0 Å². The molecule has 1 rings (SSSR count). The number of halogens is 1. The highest BCUT2D eigenvalue weighted by molar-refractivity contribution is 5.73. The molecule has 0 amide bonds. The fraction of sp³-hybridized carbons (Fsp3) is 0.800. The highest BCUT2D eigenvalue weighted by Crippen LogP contribution is 2.09. The fourth-order valence-electron chi connectivity index (χ4n) is 0.881. The Balaban J connectivity index is 2.39. The van der Waals surface area contributed by atoms with Crippen LogP contribution in [0.4, 0.5) is 4.39 Å². The maximum atomic E-state index is 12.2. The van der Waals surface area contributed by atoms with E-state index in [1.54, 1.807) is 0 Å². The van der Waals surface area contributed by atoms with E-state index >= 15 is 0 Å². The minimum atomic E-state index is -0.980. The van der Waals surface area contributed by atoms with E-state index in [-0.39, 0.29) is 13.0 Å². The summed E-state index contributed by atoms with van der Waals surface area (Å²) in [6.07, 6.45) is -0.874. The van der Waals surface area contributed by atoms with Crippen molar-refractivity contribution in [2.75, 3.05) is 6.54 Å². The van der Waals surface area contributed by atoms with Crippen LogP contribution in [0.25, 0.3) is 0 Å². The molecular formula is C5H8FNO2. The van der Waals surface area contributed by atoms with Crippen LogP contribution in [0.15, 0.2) is 0 Å². The zero-order chi connectivity index (χ0) is 6.85. The van der Waals surface area contributed by atoms with Crippen molar-refractivity contribution < 1.29 is 14.3 Å². The van der Waals surface area contributed by atoms with Crippen LogP contribution in [0, 0.1) is 0 Å². The number of aliphatic carboxylic acids is 1. The van der Waals surface area contributed by atoms with Crippen LogP contribution in [-0.4, -0.2) is 29.8 Å². The first-order chi connectivity index (χ1) is 4.20. The lowest BCUT2D eigenvalue weighted by Crippen LogP contribution is -2.29. The van der Waals surface area contributed by atoms with Crippen LogP contribution in [0.5, 0.6) is 0 Å². The SMILES string of the molecule is O=C(O)[C@H]1C[C@@H](F)CN1. The number of carboxylic acid groups (broad SMARTS) is 1. The van der Waals surface area contributed by atoms with Crippen LogP contribution in [0.1, 0.15) is 6.42 Å². The second-order valence-electron chi connectivity index (χ2n) is 2.13. The lowest BCUT2D eigenvalue weighted by molar-refractivity contribution is -0.139. The molecule has 0 aromatic heterocycles. The number of rotatable bonds is 1. The zero-order valence-electron chi connectivity index (χ0n) is 4.80. The van der Waals surface area contributed by atoms with E-state index < -0.39 is 18.2 Å². The minimum Gasteiger partial charge on any atom is -0.480 e. The van der Waals surface area contributed by atoms with E-state index in [4.69, 9.17) is 5.11 Å². The first-order valence-corrected chi connectivity index (χ1v) is 2.80. The molecule has 0 aliphatic carbocycles. The number of carbonyl (C=O) groups is 1. The highest BCUT2D eigenvalue weighted by atomic mass is 19.1. The number of carboxylic acids is 1. The van der Waals surface area contributed by atoms with Gasteiger partial charge in [0.1, 0.15) is 12.2 Å². The standard InChI is InChI=1S/C5H8FNO2/c6-3-1-4(5(8)9)7-2-3/h3-4,7H,1-2H2,(H,8,9)/t3-,4-/m1/s1. The molecule has 1 aliphatic heterocycles. The minimum absolute atomic E-state index is 0.106. The van der Waals surface area contributed by atoms with Gasteiger partial charge in [0.05, 0.1) is 0 Å². The summed E-state index contributed by atoms with van der Waals surface area (Å²) in [7, 11) is 0. The number of hydrogen-bond donors (Lipinski definition) is 2. The van der Waals surface area contributed by atoms with Gasteiger partial charge in [-0.2, -0.15) is 0 Å². The van der Waals surface area contributed by atoms with Crippen molar-refractivity contribution in [3.63, 3.8) is 0 Å². The van der Waals surface area contributed by atoms with Gasteiger partial charge in [-0.25, -0.2) is 4.39 Å². The lowest BCUT2D eigenvalue weighted by Gasteiger charge is -1.99. The van der Waals surface area contributed by atoms with Gasteiger partial charge in [0.15, 0.2) is 0 Å². The molecular weight excluding hydrogens is 125 g/mol. The average Bonchev–Trinajstić information content (AvgIpc) is 2.14. The van der Waals surface area contributed by atoms with Crippen molar-refractivity contribution in [2.24, 2.45) is 0 Å². The van der Waals surface area contributed by atoms with Crippen molar-refractivity contribution >= 4 is 5.97 Å². The van der Waals surface area contributed by atoms with Gasteiger partial charge in [-0.3, -0.25) is 4.79 Å². The maximum absolute atomic E-state index is 12.2. The second-order valence-corrected chi connectivity index (χ2v) is 2.13. The van der Waals surface area contributed by atoms with E-state index in [2.05, 4.69) is 5.32 Å². The molecule has 1 saturated heterocycles. The molecule has 4 heteroatoms. The van der Waals surface area contributed by atoms with Crippen molar-refractivity contribution in [3.8, 4) is 0 Å². The van der Waals surface area contributed by atoms with Gasteiger partial charge in [-0.05, 0) is 0 Å². The van der Waals surface area contributed by atoms with Crippen molar-refractivity contribution in [2.45, 2.75) is 18.6 Å². The molecule has 0 saturated carbocycles. The summed E-state index contributed by atoms with van der Waals surface area (Å²) in [6, 6.07) is -0.667. The highest BCUT2D eigenvalue weighted by Gasteiger charge is 2.28. The second kappa shape index (κ2) is 2.31. The van der Waals surface area contributed by atoms with Crippen molar-refractivity contribution in [3.05, 3.63) is 0 Å². The van der Waals surface area contributed by atoms with Gasteiger partial charge >= 0.3 is 5.97 Å². The molecule has 2 atom stereocenters. The zero-order valence-corrected chi connectivity index (χ0v) is 4.80. The third-order valence-electron chi connectivity index (χ3n) is 1.38. The summed E-state index contributed by atoms with van der Waals surface area (Å²) in [5.74, 6) is -0.963. The Kier molecular flexibility index (Phi) is 1.66. The quantitative estimate of drug-likeness (QED) is 0.519. The fourth-order valence-corrected chi connectivity index (χ4v) is 0.881. The Labute approximate surface area is 51.9 Å². The summed E-state index contributed by atoms with van der Waals surface area (Å²) in [5.41, 5.74) is 0. The summed E-state index contributed by atoms with van der Waals surface area (Å²) in [4.78, 5) is 10.1. The van der Waals surface area contributed by atoms with Crippen LogP contribution in [0.3, 0.4) is 0 Å². The summed E-state index contributed by atoms with van der Waals surface area (Å²) in [5, 5.41) is 10.8. The molecule has 2 N–H and O–H groups in total. The first-order valence-electron chi connectivity index (χ1n) is 2.80. The third-order valence-corrected chi connectivity index (χ3v) is 1.38. The van der Waals surface area contributed by atoms with Gasteiger partial charge in [0.2, 0.25) is 0 Å². The molecule has 52 valence electrons. The Morgan fingerprint density at radius 2 is 2.44 bits per heavy atom. The smallest absolute Gasteiger partial charge is 0.320 e.